The van der Waals surface area contributed by atoms with Crippen LogP contribution in [-0.4, -0.2) is 31.5 Å². The number of hydrogen-bond donors (Lipinski definition) is 1. The number of carbonyl (C=O) groups excluding carboxylic acids is 1. The Morgan fingerprint density at radius 2 is 2.11 bits per heavy atom. The third-order valence-corrected chi connectivity index (χ3v) is 2.92. The Bertz CT molecular complexity index is 423. The van der Waals surface area contributed by atoms with Gasteiger partial charge in [0, 0.05) is 12.4 Å². The predicted octanol–water partition coefficient (Wildman–Crippen LogP) is 2.21. The van der Waals surface area contributed by atoms with Crippen LogP contribution in [0.4, 0.5) is 0 Å². The fourth-order valence-electron chi connectivity index (χ4n) is 1.77. The van der Waals surface area contributed by atoms with Crippen LogP contribution >= 0.6 is 11.6 Å². The van der Waals surface area contributed by atoms with Crippen molar-refractivity contribution >= 4 is 17.5 Å². The van der Waals surface area contributed by atoms with E-state index in [2.05, 4.69) is 5.32 Å². The number of amides is 1. The highest BCUT2D eigenvalue weighted by Gasteiger charge is 2.19. The van der Waals surface area contributed by atoms with E-state index >= 15 is 0 Å². The van der Waals surface area contributed by atoms with Crippen LogP contribution in [0.1, 0.15) is 23.2 Å². The van der Waals surface area contributed by atoms with Crippen LogP contribution < -0.4 is 14.8 Å². The second-order valence-corrected chi connectivity index (χ2v) is 4.36. The molecule has 4 nitrogen and oxygen atoms in total. The number of nitrogens with one attached hydrogen (secondary N) is 1. The quantitative estimate of drug-likeness (QED) is 0.659. The lowest BCUT2D eigenvalue weighted by molar-refractivity contribution is 0.0942. The Labute approximate surface area is 111 Å². The van der Waals surface area contributed by atoms with E-state index in [9.17, 15) is 4.79 Å². The smallest absolute Gasteiger partial charge is 0.255 e. The van der Waals surface area contributed by atoms with Gasteiger partial charge in [0.05, 0.1) is 5.56 Å². The highest BCUT2D eigenvalue weighted by Crippen LogP contribution is 2.33. The molecule has 0 radical (unpaired) electrons. The summed E-state index contributed by atoms with van der Waals surface area (Å²) in [7, 11) is 0. The van der Waals surface area contributed by atoms with Crippen molar-refractivity contribution in [2.24, 2.45) is 0 Å². The molecule has 1 N–H and O–H groups in total. The van der Waals surface area contributed by atoms with Crippen molar-refractivity contribution in [3.63, 3.8) is 0 Å². The lowest BCUT2D eigenvalue weighted by atomic mass is 10.1. The molecule has 0 unspecified atom stereocenters. The molecule has 2 rings (SSSR count). The SMILES string of the molecule is O=C(NCCCCCl)c1cccc2c1OCCO2. The molecule has 0 atom stereocenters. The summed E-state index contributed by atoms with van der Waals surface area (Å²) in [6, 6.07) is 5.34. The van der Waals surface area contributed by atoms with E-state index in [0.717, 1.165) is 12.8 Å². The first kappa shape index (κ1) is 13.0. The van der Waals surface area contributed by atoms with Crippen molar-refractivity contribution in [2.75, 3.05) is 25.6 Å². The average molecular weight is 270 g/mol. The molecule has 0 aliphatic carbocycles. The summed E-state index contributed by atoms with van der Waals surface area (Å²) < 4.78 is 10.9. The Kier molecular flexibility index (Phi) is 4.70. The van der Waals surface area contributed by atoms with Gasteiger partial charge in [-0.1, -0.05) is 6.07 Å². The Morgan fingerprint density at radius 3 is 2.94 bits per heavy atom. The molecular weight excluding hydrogens is 254 g/mol. The van der Waals surface area contributed by atoms with Gasteiger partial charge in [0.25, 0.3) is 5.91 Å². The molecule has 1 amide bonds. The number of hydrogen-bond acceptors (Lipinski definition) is 3. The minimum Gasteiger partial charge on any atom is -0.486 e. The molecular formula is C13H16ClNO3. The van der Waals surface area contributed by atoms with E-state index < -0.39 is 0 Å². The zero-order valence-corrected chi connectivity index (χ0v) is 10.8. The standard InChI is InChI=1S/C13H16ClNO3/c14-6-1-2-7-15-13(16)10-4-3-5-11-12(10)18-9-8-17-11/h3-5H,1-2,6-9H2,(H,15,16). The highest BCUT2D eigenvalue weighted by atomic mass is 35.5. The molecule has 1 aliphatic rings. The molecule has 18 heavy (non-hydrogen) atoms. The van der Waals surface area contributed by atoms with Gasteiger partial charge in [-0.2, -0.15) is 0 Å². The van der Waals surface area contributed by atoms with Crippen molar-refractivity contribution in [1.82, 2.24) is 5.32 Å². The Balaban J connectivity index is 2.01. The van der Waals surface area contributed by atoms with Crippen molar-refractivity contribution in [2.45, 2.75) is 12.8 Å². The average Bonchev–Trinajstić information content (AvgIpc) is 2.43. The summed E-state index contributed by atoms with van der Waals surface area (Å²) in [5.74, 6) is 1.66. The van der Waals surface area contributed by atoms with Crippen molar-refractivity contribution in [3.8, 4) is 11.5 Å². The molecule has 0 bridgehead atoms. The maximum atomic E-state index is 12.0. The van der Waals surface area contributed by atoms with Crippen LogP contribution in [0.5, 0.6) is 11.5 Å². The van der Waals surface area contributed by atoms with Gasteiger partial charge in [-0.05, 0) is 25.0 Å². The van der Waals surface area contributed by atoms with E-state index in [-0.39, 0.29) is 5.91 Å². The molecule has 98 valence electrons. The zero-order chi connectivity index (χ0) is 12.8. The minimum absolute atomic E-state index is 0.132. The Hall–Kier alpha value is -1.42. The monoisotopic (exact) mass is 269 g/mol. The zero-order valence-electron chi connectivity index (χ0n) is 10.1. The van der Waals surface area contributed by atoms with Crippen molar-refractivity contribution in [3.05, 3.63) is 23.8 Å². The molecule has 0 saturated carbocycles. The fraction of sp³-hybridized carbons (Fsp3) is 0.462. The molecule has 0 fully saturated rings. The van der Waals surface area contributed by atoms with Gasteiger partial charge in [0.1, 0.15) is 13.2 Å². The van der Waals surface area contributed by atoms with E-state index in [4.69, 9.17) is 21.1 Å². The topological polar surface area (TPSA) is 47.6 Å². The van der Waals surface area contributed by atoms with Gasteiger partial charge in [-0.3, -0.25) is 4.79 Å². The first-order chi connectivity index (χ1) is 8.83. The molecule has 0 saturated heterocycles. The summed E-state index contributed by atoms with van der Waals surface area (Å²) >= 11 is 5.58. The third-order valence-electron chi connectivity index (χ3n) is 2.66. The second-order valence-electron chi connectivity index (χ2n) is 3.98. The number of halogens is 1. The number of carbonyl (C=O) groups is 1. The van der Waals surface area contributed by atoms with Crippen LogP contribution in [0.15, 0.2) is 18.2 Å². The number of benzene rings is 1. The van der Waals surface area contributed by atoms with Gasteiger partial charge in [-0.15, -0.1) is 11.6 Å². The number of fused-ring (bicyclic) bond motifs is 1. The molecule has 0 aromatic heterocycles. The molecule has 1 heterocycles. The van der Waals surface area contributed by atoms with E-state index in [1.165, 1.54) is 0 Å². The predicted molar refractivity (Wildman–Crippen MR) is 69.7 cm³/mol. The lowest BCUT2D eigenvalue weighted by Gasteiger charge is -2.20. The number of ether oxygens (including phenoxy) is 2. The van der Waals surface area contributed by atoms with Crippen molar-refractivity contribution in [1.29, 1.82) is 0 Å². The Morgan fingerprint density at radius 1 is 1.28 bits per heavy atom. The number of unbranched alkanes of at least 4 members (excludes halogenated alkanes) is 1. The van der Waals surface area contributed by atoms with E-state index in [1.54, 1.807) is 18.2 Å². The minimum atomic E-state index is -0.132. The lowest BCUT2D eigenvalue weighted by Crippen LogP contribution is -2.26. The van der Waals surface area contributed by atoms with Crippen LogP contribution in [-0.2, 0) is 0 Å². The van der Waals surface area contributed by atoms with Crippen LogP contribution in [0, 0.1) is 0 Å². The molecule has 5 heteroatoms. The fourth-order valence-corrected chi connectivity index (χ4v) is 1.96. The second kappa shape index (κ2) is 6.50. The van der Waals surface area contributed by atoms with Gasteiger partial charge in [0.2, 0.25) is 0 Å². The normalized spacial score (nSPS) is 13.2. The van der Waals surface area contributed by atoms with Crippen LogP contribution in [0.2, 0.25) is 0 Å². The first-order valence-corrected chi connectivity index (χ1v) is 6.59. The summed E-state index contributed by atoms with van der Waals surface area (Å²) in [5, 5.41) is 2.85. The number of alkyl halides is 1. The van der Waals surface area contributed by atoms with E-state index in [1.807, 2.05) is 0 Å². The van der Waals surface area contributed by atoms with Gasteiger partial charge >= 0.3 is 0 Å². The van der Waals surface area contributed by atoms with Gasteiger partial charge in [-0.25, -0.2) is 0 Å². The largest absolute Gasteiger partial charge is 0.486 e. The summed E-state index contributed by atoms with van der Waals surface area (Å²) in [4.78, 5) is 12.0. The molecule has 1 aromatic carbocycles. The number of rotatable bonds is 5. The van der Waals surface area contributed by atoms with Gasteiger partial charge < -0.3 is 14.8 Å². The summed E-state index contributed by atoms with van der Waals surface area (Å²) in [5.41, 5.74) is 0.526. The summed E-state index contributed by atoms with van der Waals surface area (Å²) in [6.07, 6.45) is 1.77. The van der Waals surface area contributed by atoms with Crippen LogP contribution in [0.25, 0.3) is 0 Å². The summed E-state index contributed by atoms with van der Waals surface area (Å²) in [6.45, 7) is 1.62. The molecule has 1 aromatic rings. The van der Waals surface area contributed by atoms with E-state index in [0.29, 0.717) is 42.7 Å². The highest BCUT2D eigenvalue weighted by molar-refractivity contribution is 6.17. The van der Waals surface area contributed by atoms with Crippen LogP contribution in [0.3, 0.4) is 0 Å². The maximum absolute atomic E-state index is 12.0. The van der Waals surface area contributed by atoms with Gasteiger partial charge in [0.15, 0.2) is 11.5 Å². The number of para-hydroxylation sites is 1. The molecule has 0 spiro atoms. The van der Waals surface area contributed by atoms with Crippen molar-refractivity contribution < 1.29 is 14.3 Å². The third kappa shape index (κ3) is 3.07. The molecule has 1 aliphatic heterocycles. The first-order valence-electron chi connectivity index (χ1n) is 6.05. The maximum Gasteiger partial charge on any atom is 0.255 e.